The summed E-state index contributed by atoms with van der Waals surface area (Å²) in [7, 11) is 0. The fourth-order valence-corrected chi connectivity index (χ4v) is 1.78. The topological polar surface area (TPSA) is 79.3 Å². The van der Waals surface area contributed by atoms with Crippen molar-refractivity contribution in [1.29, 1.82) is 0 Å². The summed E-state index contributed by atoms with van der Waals surface area (Å²) >= 11 is 3.16. The zero-order chi connectivity index (χ0) is 12.4. The highest BCUT2D eigenvalue weighted by Crippen LogP contribution is 2.32. The molecule has 1 aliphatic rings. The van der Waals surface area contributed by atoms with Crippen LogP contribution in [-0.2, 0) is 4.79 Å². The average Bonchev–Trinajstić information content (AvgIpc) is 3.10. The number of hydrogen-bond donors (Lipinski definition) is 2. The lowest BCUT2D eigenvalue weighted by Crippen LogP contribution is -2.42. The Morgan fingerprint density at radius 2 is 2.18 bits per heavy atom. The molecule has 1 fully saturated rings. The van der Waals surface area contributed by atoms with Gasteiger partial charge >= 0.3 is 5.97 Å². The summed E-state index contributed by atoms with van der Waals surface area (Å²) in [5.74, 6) is -1.31. The van der Waals surface area contributed by atoms with E-state index in [9.17, 15) is 9.59 Å². The number of nitrogens with one attached hydrogen (secondary N) is 1. The number of carbonyl (C=O) groups is 2. The van der Waals surface area contributed by atoms with Gasteiger partial charge in [-0.05, 0) is 46.8 Å². The van der Waals surface area contributed by atoms with E-state index in [-0.39, 0.29) is 5.92 Å². The lowest BCUT2D eigenvalue weighted by atomic mass is 10.1. The van der Waals surface area contributed by atoms with Gasteiger partial charge in [0.05, 0.1) is 5.56 Å². The lowest BCUT2D eigenvalue weighted by molar-refractivity contribution is -0.139. The monoisotopic (exact) mass is 298 g/mol. The number of carboxylic acid groups (broad SMARTS) is 1. The number of nitrogens with zero attached hydrogens (tertiary/aromatic N) is 1. The molecule has 6 heteroatoms. The van der Waals surface area contributed by atoms with Crippen LogP contribution in [0.5, 0.6) is 0 Å². The summed E-state index contributed by atoms with van der Waals surface area (Å²) in [5.41, 5.74) is 0.361. The molecule has 1 saturated carbocycles. The molecule has 1 atom stereocenters. The van der Waals surface area contributed by atoms with E-state index < -0.39 is 17.9 Å². The predicted molar refractivity (Wildman–Crippen MR) is 63.6 cm³/mol. The molecule has 2 N–H and O–H groups in total. The van der Waals surface area contributed by atoms with E-state index in [0.29, 0.717) is 10.2 Å². The summed E-state index contributed by atoms with van der Waals surface area (Å²) < 4.78 is 0.631. The molecular formula is C11H11BrN2O3. The predicted octanol–water partition coefficient (Wildman–Crippen LogP) is 1.44. The number of carbonyl (C=O) groups excluding carboxylic acids is 1. The molecule has 17 heavy (non-hydrogen) atoms. The highest BCUT2D eigenvalue weighted by atomic mass is 79.9. The van der Waals surface area contributed by atoms with Gasteiger partial charge in [-0.3, -0.25) is 4.79 Å². The van der Waals surface area contributed by atoms with Crippen molar-refractivity contribution in [3.8, 4) is 0 Å². The van der Waals surface area contributed by atoms with Gasteiger partial charge in [0.1, 0.15) is 10.6 Å². The van der Waals surface area contributed by atoms with Crippen LogP contribution in [0.4, 0.5) is 0 Å². The van der Waals surface area contributed by atoms with E-state index in [1.165, 1.54) is 6.20 Å². The van der Waals surface area contributed by atoms with E-state index in [2.05, 4.69) is 26.2 Å². The Labute approximate surface area is 106 Å². The molecule has 0 bridgehead atoms. The van der Waals surface area contributed by atoms with Crippen LogP contribution >= 0.6 is 15.9 Å². The third-order valence-electron chi connectivity index (χ3n) is 2.64. The number of amides is 1. The molecule has 0 spiro atoms. The quantitative estimate of drug-likeness (QED) is 0.824. The number of pyridine rings is 1. The summed E-state index contributed by atoms with van der Waals surface area (Å²) in [6, 6.07) is 2.45. The van der Waals surface area contributed by atoms with Gasteiger partial charge in [-0.15, -0.1) is 0 Å². The molecule has 5 nitrogen and oxygen atoms in total. The highest BCUT2D eigenvalue weighted by molar-refractivity contribution is 9.10. The van der Waals surface area contributed by atoms with E-state index >= 15 is 0 Å². The largest absolute Gasteiger partial charge is 0.480 e. The second-order valence-electron chi connectivity index (χ2n) is 4.00. The fourth-order valence-electron chi connectivity index (χ4n) is 1.55. The molecule has 0 aliphatic heterocycles. The average molecular weight is 299 g/mol. The standard InChI is InChI=1S/C11H11BrN2O3/c12-8-4-3-7(5-13-8)10(15)14-9(11(16)17)6-1-2-6/h3-6,9H,1-2H2,(H,14,15)(H,16,17). The van der Waals surface area contributed by atoms with Crippen LogP contribution in [0.3, 0.4) is 0 Å². The molecule has 1 aliphatic carbocycles. The van der Waals surface area contributed by atoms with Gasteiger partial charge in [-0.25, -0.2) is 9.78 Å². The minimum Gasteiger partial charge on any atom is -0.480 e. The zero-order valence-corrected chi connectivity index (χ0v) is 10.5. The lowest BCUT2D eigenvalue weighted by Gasteiger charge is -2.13. The highest BCUT2D eigenvalue weighted by Gasteiger charge is 2.37. The Balaban J connectivity index is 2.04. The molecular weight excluding hydrogens is 288 g/mol. The normalized spacial score (nSPS) is 16.3. The maximum absolute atomic E-state index is 11.8. The van der Waals surface area contributed by atoms with Crippen molar-refractivity contribution >= 4 is 27.8 Å². The third kappa shape index (κ3) is 3.03. The van der Waals surface area contributed by atoms with Crippen molar-refractivity contribution in [2.75, 3.05) is 0 Å². The number of rotatable bonds is 4. The number of carboxylic acids is 1. The SMILES string of the molecule is O=C(NC(C(=O)O)C1CC1)c1ccc(Br)nc1. The van der Waals surface area contributed by atoms with Crippen molar-refractivity contribution in [2.24, 2.45) is 5.92 Å². The maximum Gasteiger partial charge on any atom is 0.326 e. The van der Waals surface area contributed by atoms with Gasteiger partial charge in [-0.1, -0.05) is 0 Å². The van der Waals surface area contributed by atoms with E-state index in [4.69, 9.17) is 5.11 Å². The van der Waals surface area contributed by atoms with Gasteiger partial charge in [0.15, 0.2) is 0 Å². The second-order valence-corrected chi connectivity index (χ2v) is 4.81. The first-order valence-corrected chi connectivity index (χ1v) is 6.02. The van der Waals surface area contributed by atoms with Crippen LogP contribution in [-0.4, -0.2) is 28.0 Å². The fraction of sp³-hybridized carbons (Fsp3) is 0.364. The Morgan fingerprint density at radius 3 is 2.65 bits per heavy atom. The molecule has 0 radical (unpaired) electrons. The van der Waals surface area contributed by atoms with Gasteiger partial charge in [0.25, 0.3) is 5.91 Å². The van der Waals surface area contributed by atoms with Gasteiger partial charge in [-0.2, -0.15) is 0 Å². The van der Waals surface area contributed by atoms with E-state index in [1.54, 1.807) is 12.1 Å². The van der Waals surface area contributed by atoms with Crippen molar-refractivity contribution in [2.45, 2.75) is 18.9 Å². The summed E-state index contributed by atoms with van der Waals surface area (Å²) in [6.07, 6.45) is 3.12. The number of halogens is 1. The Hall–Kier alpha value is -1.43. The molecule has 1 heterocycles. The van der Waals surface area contributed by atoms with E-state index in [1.807, 2.05) is 0 Å². The Kier molecular flexibility index (Phi) is 3.42. The Morgan fingerprint density at radius 1 is 1.47 bits per heavy atom. The van der Waals surface area contributed by atoms with Crippen molar-refractivity contribution < 1.29 is 14.7 Å². The third-order valence-corrected chi connectivity index (χ3v) is 3.10. The van der Waals surface area contributed by atoms with Crippen molar-refractivity contribution in [3.63, 3.8) is 0 Å². The van der Waals surface area contributed by atoms with Crippen LogP contribution < -0.4 is 5.32 Å². The number of hydrogen-bond acceptors (Lipinski definition) is 3. The first kappa shape index (κ1) is 12.0. The second kappa shape index (κ2) is 4.83. The molecule has 2 rings (SSSR count). The summed E-state index contributed by atoms with van der Waals surface area (Å²) in [4.78, 5) is 26.7. The van der Waals surface area contributed by atoms with Crippen molar-refractivity contribution in [1.82, 2.24) is 10.3 Å². The maximum atomic E-state index is 11.8. The molecule has 1 aromatic heterocycles. The van der Waals surface area contributed by atoms with E-state index in [0.717, 1.165) is 12.8 Å². The van der Waals surface area contributed by atoms with Gasteiger partial charge in [0, 0.05) is 6.20 Å². The molecule has 0 aromatic carbocycles. The molecule has 1 amide bonds. The molecule has 0 saturated heterocycles. The van der Waals surface area contributed by atoms with Gasteiger partial charge in [0.2, 0.25) is 0 Å². The van der Waals surface area contributed by atoms with Crippen LogP contribution in [0.25, 0.3) is 0 Å². The van der Waals surface area contributed by atoms with Gasteiger partial charge < -0.3 is 10.4 Å². The Bertz CT molecular complexity index is 443. The first-order chi connectivity index (χ1) is 8.08. The molecule has 90 valence electrons. The number of aliphatic carboxylic acids is 1. The number of aromatic nitrogens is 1. The minimum absolute atomic E-state index is 0.0693. The van der Waals surface area contributed by atoms with Crippen LogP contribution in [0.2, 0.25) is 0 Å². The molecule has 1 aromatic rings. The van der Waals surface area contributed by atoms with Crippen molar-refractivity contribution in [3.05, 3.63) is 28.5 Å². The first-order valence-electron chi connectivity index (χ1n) is 5.23. The zero-order valence-electron chi connectivity index (χ0n) is 8.89. The smallest absolute Gasteiger partial charge is 0.326 e. The summed E-state index contributed by atoms with van der Waals surface area (Å²) in [5, 5.41) is 11.5. The molecule has 1 unspecified atom stereocenters. The van der Waals surface area contributed by atoms with Crippen LogP contribution in [0.1, 0.15) is 23.2 Å². The minimum atomic E-state index is -0.981. The van der Waals surface area contributed by atoms with Crippen LogP contribution in [0.15, 0.2) is 22.9 Å². The summed E-state index contributed by atoms with van der Waals surface area (Å²) in [6.45, 7) is 0. The van der Waals surface area contributed by atoms with Crippen LogP contribution in [0, 0.1) is 5.92 Å².